The molecule has 0 fully saturated rings. The third-order valence-corrected chi connectivity index (χ3v) is 9.84. The molecule has 0 saturated carbocycles. The van der Waals surface area contributed by atoms with Gasteiger partial charge in [0.2, 0.25) is 0 Å². The van der Waals surface area contributed by atoms with Crippen LogP contribution in [0.1, 0.15) is 0 Å². The molecule has 0 heterocycles. The Hall–Kier alpha value is -1.64. The van der Waals surface area contributed by atoms with E-state index in [1.54, 1.807) is 0 Å². The molecule has 1 aromatic carbocycles. The minimum Gasteiger partial charge on any atom is -0.214 e. The fourth-order valence-corrected chi connectivity index (χ4v) is 10.3. The van der Waals surface area contributed by atoms with Crippen LogP contribution >= 0.6 is 0 Å². The molecular weight excluding hydrogens is 620 g/mol. The summed E-state index contributed by atoms with van der Waals surface area (Å²) in [5, 5.41) is 0. The normalized spacial score (nSPS) is 14.9. The quantitative estimate of drug-likeness (QED) is 0.311. The van der Waals surface area contributed by atoms with Gasteiger partial charge in [0.15, 0.2) is 0 Å². The SMILES string of the molecule is O=S(=O)(F)c1c(S(=O)(=O)F)c(S(=O)(=O)F)c(S(=O)(=O)C(F)(F)F)c(S(=O)(=O)F)c1S(=O)(=O)F. The van der Waals surface area contributed by atoms with Crippen LogP contribution in [0, 0.1) is 0 Å². The van der Waals surface area contributed by atoms with Gasteiger partial charge < -0.3 is 0 Å². The molecule has 0 N–H and O–H groups in total. The van der Waals surface area contributed by atoms with Gasteiger partial charge in [0, 0.05) is 0 Å². The Morgan fingerprint density at radius 1 is 0.364 bits per heavy atom. The molecule has 0 aliphatic rings. The maximum atomic E-state index is 13.7. The van der Waals surface area contributed by atoms with Gasteiger partial charge in [-0.15, -0.1) is 19.4 Å². The van der Waals surface area contributed by atoms with E-state index in [2.05, 4.69) is 0 Å². The Kier molecular flexibility index (Phi) is 6.84. The lowest BCUT2D eigenvalue weighted by Crippen LogP contribution is -2.29. The molecule has 0 radical (unpaired) electrons. The Morgan fingerprint density at radius 3 is 0.636 bits per heavy atom. The summed E-state index contributed by atoms with van der Waals surface area (Å²) in [7, 11) is -46.3. The largest absolute Gasteiger partial charge is 0.502 e. The highest BCUT2D eigenvalue weighted by atomic mass is 32.3. The lowest BCUT2D eigenvalue weighted by molar-refractivity contribution is -0.0439. The topological polar surface area (TPSA) is 205 Å². The number of hydrogen-bond acceptors (Lipinski definition) is 12. The van der Waals surface area contributed by atoms with Gasteiger partial charge in [-0.1, -0.05) is 0 Å². The molecule has 0 bridgehead atoms. The van der Waals surface area contributed by atoms with E-state index >= 15 is 0 Å². The van der Waals surface area contributed by atoms with Crippen LogP contribution in [0.5, 0.6) is 0 Å². The van der Waals surface area contributed by atoms with Gasteiger partial charge >= 0.3 is 56.6 Å². The molecule has 0 saturated heterocycles. The summed E-state index contributed by atoms with van der Waals surface area (Å²) in [6, 6.07) is 0. The zero-order valence-electron chi connectivity index (χ0n) is 13.9. The van der Waals surface area contributed by atoms with Gasteiger partial charge in [0.25, 0.3) is 9.84 Å². The Morgan fingerprint density at radius 2 is 0.515 bits per heavy atom. The third-order valence-electron chi connectivity index (χ3n) is 3.03. The Labute approximate surface area is 178 Å². The number of rotatable bonds is 6. The van der Waals surface area contributed by atoms with Crippen LogP contribution in [0.15, 0.2) is 29.4 Å². The first-order chi connectivity index (χ1) is 14.0. The molecular formula is C7F8O12S6. The van der Waals surface area contributed by atoms with Crippen molar-refractivity contribution in [1.82, 2.24) is 0 Å². The highest BCUT2D eigenvalue weighted by molar-refractivity contribution is 7.96. The van der Waals surface area contributed by atoms with Gasteiger partial charge in [-0.05, 0) is 0 Å². The maximum Gasteiger partial charge on any atom is 0.502 e. The van der Waals surface area contributed by atoms with Crippen molar-refractivity contribution in [2.45, 2.75) is 34.9 Å². The molecule has 0 aromatic heterocycles. The van der Waals surface area contributed by atoms with E-state index in [0.717, 1.165) is 0 Å². The molecule has 0 aliphatic heterocycles. The molecule has 192 valence electrons. The van der Waals surface area contributed by atoms with Gasteiger partial charge in [0.1, 0.15) is 29.4 Å². The average Bonchev–Trinajstić information content (AvgIpc) is 2.46. The smallest absolute Gasteiger partial charge is 0.214 e. The second-order valence-electron chi connectivity index (χ2n) is 5.11. The van der Waals surface area contributed by atoms with Crippen molar-refractivity contribution in [1.29, 1.82) is 0 Å². The molecule has 0 amide bonds. The molecule has 0 atom stereocenters. The van der Waals surface area contributed by atoms with Crippen LogP contribution < -0.4 is 0 Å². The highest BCUT2D eigenvalue weighted by Gasteiger charge is 2.57. The number of hydrogen-bond donors (Lipinski definition) is 0. The van der Waals surface area contributed by atoms with Crippen LogP contribution in [0.2, 0.25) is 0 Å². The maximum absolute atomic E-state index is 13.7. The molecule has 0 spiro atoms. The second kappa shape index (κ2) is 7.68. The third kappa shape index (κ3) is 5.38. The van der Waals surface area contributed by atoms with E-state index in [1.165, 1.54) is 0 Å². The fraction of sp³-hybridized carbons (Fsp3) is 0.143. The summed E-state index contributed by atoms with van der Waals surface area (Å²) < 4.78 is 242. The van der Waals surface area contributed by atoms with Gasteiger partial charge in [0.05, 0.1) is 0 Å². The van der Waals surface area contributed by atoms with Gasteiger partial charge in [-0.25, -0.2) is 8.42 Å². The number of benzene rings is 1. The van der Waals surface area contributed by atoms with E-state index in [9.17, 15) is 83.1 Å². The summed E-state index contributed by atoms with van der Waals surface area (Å²) in [4.78, 5) is -24.0. The lowest BCUT2D eigenvalue weighted by Gasteiger charge is -2.19. The zero-order chi connectivity index (χ0) is 27.0. The van der Waals surface area contributed by atoms with Crippen LogP contribution in [0.4, 0.5) is 32.6 Å². The zero-order valence-corrected chi connectivity index (χ0v) is 18.8. The summed E-state index contributed by atoms with van der Waals surface area (Å²) in [5.41, 5.74) is -7.14. The second-order valence-corrected chi connectivity index (χ2v) is 13.4. The van der Waals surface area contributed by atoms with Crippen molar-refractivity contribution in [2.75, 3.05) is 0 Å². The summed E-state index contributed by atoms with van der Waals surface area (Å²) >= 11 is 0. The van der Waals surface area contributed by atoms with Crippen LogP contribution in [0.3, 0.4) is 0 Å². The van der Waals surface area contributed by atoms with E-state index in [0.29, 0.717) is 0 Å². The number of sulfone groups is 1. The predicted molar refractivity (Wildman–Crippen MR) is 81.2 cm³/mol. The van der Waals surface area contributed by atoms with Gasteiger partial charge in [-0.2, -0.15) is 55.3 Å². The van der Waals surface area contributed by atoms with Crippen molar-refractivity contribution < 1.29 is 83.1 Å². The predicted octanol–water partition coefficient (Wildman–Crippen LogP) is 0.271. The van der Waals surface area contributed by atoms with E-state index in [4.69, 9.17) is 0 Å². The van der Waals surface area contributed by atoms with Crippen molar-refractivity contribution in [3.63, 3.8) is 0 Å². The van der Waals surface area contributed by atoms with Crippen LogP contribution in [-0.4, -0.2) is 56.0 Å². The molecule has 12 nitrogen and oxygen atoms in total. The molecule has 0 aliphatic carbocycles. The molecule has 33 heavy (non-hydrogen) atoms. The first-order valence-electron chi connectivity index (χ1n) is 6.27. The summed E-state index contributed by atoms with van der Waals surface area (Å²) in [5.74, 6) is 0. The summed E-state index contributed by atoms with van der Waals surface area (Å²) in [6.07, 6.45) is 0. The first kappa shape index (κ1) is 29.4. The summed E-state index contributed by atoms with van der Waals surface area (Å²) in [6.45, 7) is 0. The number of alkyl halides is 3. The lowest BCUT2D eigenvalue weighted by atomic mass is 10.3. The van der Waals surface area contributed by atoms with Crippen LogP contribution in [-0.2, 0) is 61.0 Å². The molecule has 26 heteroatoms. The first-order valence-corrected chi connectivity index (χ1v) is 14.7. The monoisotopic (exact) mass is 620 g/mol. The standard InChI is InChI=1S/C7F8O12S6/c8-7(9,10)28(16,17)1-2(29(11,18)19)4(31(13,22)23)6(33(15,26)27)5(32(14,24)25)3(1)30(12,20)21. The Bertz CT molecular complexity index is 1610. The fourth-order valence-electron chi connectivity index (χ4n) is 2.09. The average molecular weight is 620 g/mol. The van der Waals surface area contributed by atoms with Crippen LogP contribution in [0.25, 0.3) is 0 Å². The van der Waals surface area contributed by atoms with Crippen molar-refractivity contribution in [3.8, 4) is 0 Å². The minimum atomic E-state index is -8.05. The highest BCUT2D eigenvalue weighted by Crippen LogP contribution is 2.49. The molecule has 1 aromatic rings. The Balaban J connectivity index is 5.42. The molecule has 1 rings (SSSR count). The van der Waals surface area contributed by atoms with Gasteiger partial charge in [-0.3, -0.25) is 0 Å². The minimum absolute atomic E-state index is 3.90. The van der Waals surface area contributed by atoms with E-state index in [1.807, 2.05) is 0 Å². The number of halogens is 8. The van der Waals surface area contributed by atoms with E-state index in [-0.39, 0.29) is 0 Å². The van der Waals surface area contributed by atoms with Crippen molar-refractivity contribution >= 4 is 61.0 Å². The van der Waals surface area contributed by atoms with Crippen molar-refractivity contribution in [3.05, 3.63) is 0 Å². The van der Waals surface area contributed by atoms with E-state index < -0.39 is 95.8 Å². The molecule has 0 unspecified atom stereocenters. The van der Waals surface area contributed by atoms with Crippen molar-refractivity contribution in [2.24, 2.45) is 0 Å².